The average molecular weight is 576 g/mol. The zero-order valence-electron chi connectivity index (χ0n) is 26.2. The summed E-state index contributed by atoms with van der Waals surface area (Å²) >= 11 is 11.5. The molecular formula is C36H72Cl2. The summed E-state index contributed by atoms with van der Waals surface area (Å²) in [6.45, 7) is 0. The Kier molecular flexibility index (Phi) is 38.2. The summed E-state index contributed by atoms with van der Waals surface area (Å²) in [6.07, 6.45) is 49.1. The number of alkyl halides is 2. The highest BCUT2D eigenvalue weighted by Gasteiger charge is 1.97. The van der Waals surface area contributed by atoms with Gasteiger partial charge in [-0.25, -0.2) is 0 Å². The van der Waals surface area contributed by atoms with E-state index in [0.29, 0.717) is 0 Å². The number of unbranched alkanes of at least 4 members (excludes halogenated alkanes) is 33. The van der Waals surface area contributed by atoms with Crippen LogP contribution in [0.3, 0.4) is 0 Å². The molecule has 0 bridgehead atoms. The van der Waals surface area contributed by atoms with E-state index < -0.39 is 0 Å². The minimum Gasteiger partial charge on any atom is -0.127 e. The molecule has 0 amide bonds. The van der Waals surface area contributed by atoms with Crippen LogP contribution in [0.2, 0.25) is 0 Å². The minimum atomic E-state index is 0.845. The van der Waals surface area contributed by atoms with Gasteiger partial charge in [0.1, 0.15) is 0 Å². The topological polar surface area (TPSA) is 0 Å². The largest absolute Gasteiger partial charge is 0.127 e. The van der Waals surface area contributed by atoms with Crippen LogP contribution in [0.25, 0.3) is 0 Å². The first-order valence-electron chi connectivity index (χ1n) is 18.0. The second-order valence-corrected chi connectivity index (χ2v) is 13.2. The maximum absolute atomic E-state index is 5.73. The van der Waals surface area contributed by atoms with Crippen molar-refractivity contribution < 1.29 is 0 Å². The van der Waals surface area contributed by atoms with Crippen molar-refractivity contribution in [1.29, 1.82) is 0 Å². The van der Waals surface area contributed by atoms with Gasteiger partial charge in [0.05, 0.1) is 0 Å². The summed E-state index contributed by atoms with van der Waals surface area (Å²) < 4.78 is 0. The van der Waals surface area contributed by atoms with Gasteiger partial charge in [-0.05, 0) is 12.8 Å². The van der Waals surface area contributed by atoms with Gasteiger partial charge in [0.25, 0.3) is 0 Å². The zero-order valence-corrected chi connectivity index (χ0v) is 27.7. The Balaban J connectivity index is 3.01. The summed E-state index contributed by atoms with van der Waals surface area (Å²) in [6, 6.07) is 0. The minimum absolute atomic E-state index is 0.845. The molecule has 0 aromatic rings. The van der Waals surface area contributed by atoms with Crippen LogP contribution < -0.4 is 0 Å². The summed E-state index contributed by atoms with van der Waals surface area (Å²) in [5.74, 6) is 1.69. The van der Waals surface area contributed by atoms with Crippen molar-refractivity contribution >= 4 is 23.2 Å². The highest BCUT2D eigenvalue weighted by atomic mass is 35.5. The molecule has 0 atom stereocenters. The summed E-state index contributed by atoms with van der Waals surface area (Å²) in [7, 11) is 0. The van der Waals surface area contributed by atoms with Gasteiger partial charge in [0.15, 0.2) is 0 Å². The van der Waals surface area contributed by atoms with Crippen LogP contribution in [-0.4, -0.2) is 11.8 Å². The second kappa shape index (κ2) is 37.6. The molecule has 38 heavy (non-hydrogen) atoms. The highest BCUT2D eigenvalue weighted by Crippen LogP contribution is 2.17. The second-order valence-electron chi connectivity index (χ2n) is 12.4. The third kappa shape index (κ3) is 36.6. The lowest BCUT2D eigenvalue weighted by molar-refractivity contribution is 0.511. The van der Waals surface area contributed by atoms with Gasteiger partial charge in [0.2, 0.25) is 0 Å². The molecule has 0 heterocycles. The standard InChI is InChI=1S/C36H72Cl2/c37-35-33-31-29-27-25-23-21-19-17-15-13-11-9-7-5-3-1-2-4-6-8-10-12-14-16-18-20-22-24-26-28-30-32-34-36-38/h1-36H2. The molecule has 0 unspecified atom stereocenters. The number of hydrogen-bond acceptors (Lipinski definition) is 0. The third-order valence-corrected chi connectivity index (χ3v) is 9.05. The van der Waals surface area contributed by atoms with Crippen molar-refractivity contribution in [2.24, 2.45) is 0 Å². The molecule has 0 aliphatic carbocycles. The van der Waals surface area contributed by atoms with Crippen LogP contribution in [0.4, 0.5) is 0 Å². The van der Waals surface area contributed by atoms with E-state index in [1.54, 1.807) is 0 Å². The van der Waals surface area contributed by atoms with E-state index in [1.165, 1.54) is 218 Å². The molecule has 0 aromatic carbocycles. The fourth-order valence-corrected chi connectivity index (χ4v) is 6.22. The van der Waals surface area contributed by atoms with Gasteiger partial charge in [-0.15, -0.1) is 23.2 Å². The normalized spacial score (nSPS) is 11.5. The molecule has 0 fully saturated rings. The average Bonchev–Trinajstić information content (AvgIpc) is 2.93. The van der Waals surface area contributed by atoms with Gasteiger partial charge >= 0.3 is 0 Å². The Labute approximate surface area is 252 Å². The van der Waals surface area contributed by atoms with Crippen molar-refractivity contribution in [1.82, 2.24) is 0 Å². The Hall–Kier alpha value is 0.580. The molecule has 230 valence electrons. The molecule has 0 aliphatic heterocycles. The lowest BCUT2D eigenvalue weighted by Crippen LogP contribution is -1.85. The molecule has 0 aliphatic rings. The number of hydrogen-bond donors (Lipinski definition) is 0. The van der Waals surface area contributed by atoms with Gasteiger partial charge in [-0.3, -0.25) is 0 Å². The lowest BCUT2D eigenvalue weighted by Gasteiger charge is -2.05. The first-order chi connectivity index (χ1) is 18.9. The van der Waals surface area contributed by atoms with E-state index in [-0.39, 0.29) is 0 Å². The fraction of sp³-hybridized carbons (Fsp3) is 1.00. The SMILES string of the molecule is ClCCCCCCCCCCCCCCCCCCCCCCCCCCCCCCCCCCCCCl. The summed E-state index contributed by atoms with van der Waals surface area (Å²) in [4.78, 5) is 0. The maximum atomic E-state index is 5.73. The van der Waals surface area contributed by atoms with E-state index in [2.05, 4.69) is 0 Å². The first-order valence-corrected chi connectivity index (χ1v) is 19.1. The molecule has 0 radical (unpaired) electrons. The molecule has 0 rings (SSSR count). The molecule has 0 saturated carbocycles. The van der Waals surface area contributed by atoms with E-state index in [0.717, 1.165) is 11.8 Å². The Bertz CT molecular complexity index is 348. The quantitative estimate of drug-likeness (QED) is 0.0521. The van der Waals surface area contributed by atoms with Gasteiger partial charge in [-0.1, -0.05) is 205 Å². The van der Waals surface area contributed by atoms with Crippen LogP contribution in [0.5, 0.6) is 0 Å². The molecule has 2 heteroatoms. The van der Waals surface area contributed by atoms with Crippen LogP contribution >= 0.6 is 23.2 Å². The Morgan fingerprint density at radius 2 is 0.211 bits per heavy atom. The predicted octanol–water partition coefficient (Wildman–Crippen LogP) is 14.7. The van der Waals surface area contributed by atoms with Crippen LogP contribution in [-0.2, 0) is 0 Å². The molecule has 0 N–H and O–H groups in total. The van der Waals surface area contributed by atoms with Crippen molar-refractivity contribution in [3.8, 4) is 0 Å². The van der Waals surface area contributed by atoms with Crippen LogP contribution in [0.15, 0.2) is 0 Å². The molecular weight excluding hydrogens is 503 g/mol. The smallest absolute Gasteiger partial charge is 0.0223 e. The van der Waals surface area contributed by atoms with Crippen molar-refractivity contribution in [3.05, 3.63) is 0 Å². The van der Waals surface area contributed by atoms with E-state index in [9.17, 15) is 0 Å². The van der Waals surface area contributed by atoms with Crippen molar-refractivity contribution in [2.45, 2.75) is 218 Å². The molecule has 0 aromatic heterocycles. The Morgan fingerprint density at radius 1 is 0.132 bits per heavy atom. The predicted molar refractivity (Wildman–Crippen MR) is 178 cm³/mol. The van der Waals surface area contributed by atoms with E-state index in [4.69, 9.17) is 23.2 Å². The monoisotopic (exact) mass is 575 g/mol. The highest BCUT2D eigenvalue weighted by molar-refractivity contribution is 6.18. The first kappa shape index (κ1) is 38.6. The van der Waals surface area contributed by atoms with Crippen LogP contribution in [0, 0.1) is 0 Å². The van der Waals surface area contributed by atoms with Gasteiger partial charge in [0, 0.05) is 11.8 Å². The van der Waals surface area contributed by atoms with E-state index >= 15 is 0 Å². The van der Waals surface area contributed by atoms with Crippen LogP contribution in [0.1, 0.15) is 218 Å². The number of rotatable bonds is 35. The molecule has 0 saturated heterocycles. The third-order valence-electron chi connectivity index (χ3n) is 8.52. The molecule has 0 spiro atoms. The van der Waals surface area contributed by atoms with Gasteiger partial charge in [-0.2, -0.15) is 0 Å². The summed E-state index contributed by atoms with van der Waals surface area (Å²) in [5.41, 5.74) is 0. The van der Waals surface area contributed by atoms with Crippen molar-refractivity contribution in [3.63, 3.8) is 0 Å². The summed E-state index contributed by atoms with van der Waals surface area (Å²) in [5, 5.41) is 0. The lowest BCUT2D eigenvalue weighted by atomic mass is 10.0. The maximum Gasteiger partial charge on any atom is 0.0223 e. The zero-order chi connectivity index (χ0) is 27.5. The number of halogens is 2. The fourth-order valence-electron chi connectivity index (χ4n) is 5.85. The van der Waals surface area contributed by atoms with E-state index in [1.807, 2.05) is 0 Å². The van der Waals surface area contributed by atoms with Gasteiger partial charge < -0.3 is 0 Å². The van der Waals surface area contributed by atoms with Crippen molar-refractivity contribution in [2.75, 3.05) is 11.8 Å². The molecule has 0 nitrogen and oxygen atoms in total. The Morgan fingerprint density at radius 3 is 0.289 bits per heavy atom.